The molecule has 1 saturated heterocycles. The molecule has 1 aliphatic heterocycles. The van der Waals surface area contributed by atoms with Crippen molar-refractivity contribution in [1.29, 1.82) is 0 Å². The van der Waals surface area contributed by atoms with Crippen molar-refractivity contribution >= 4 is 0 Å². The van der Waals surface area contributed by atoms with E-state index in [4.69, 9.17) is 14.2 Å². The molecule has 0 spiro atoms. The monoisotopic (exact) mass is 207 g/mol. The van der Waals surface area contributed by atoms with Gasteiger partial charge in [0.25, 0.3) is 0 Å². The number of rotatable bonds is 4. The number of hydrogen-bond donors (Lipinski definition) is 0. The normalized spacial score (nSPS) is 20.2. The molecule has 1 aliphatic rings. The Labute approximate surface area is 90.0 Å². The summed E-state index contributed by atoms with van der Waals surface area (Å²) in [6.45, 7) is 2.36. The van der Waals surface area contributed by atoms with Crippen LogP contribution in [0.4, 0.5) is 0 Å². The highest BCUT2D eigenvalue weighted by Gasteiger charge is 2.16. The van der Waals surface area contributed by atoms with E-state index in [0.717, 1.165) is 31.1 Å². The van der Waals surface area contributed by atoms with Crippen molar-refractivity contribution in [2.45, 2.75) is 6.42 Å². The third-order valence-corrected chi connectivity index (χ3v) is 2.51. The molecule has 0 N–H and O–H groups in total. The summed E-state index contributed by atoms with van der Waals surface area (Å²) in [5.74, 6) is 2.03. The second-order valence-corrected chi connectivity index (χ2v) is 3.62. The zero-order valence-electron chi connectivity index (χ0n) is 8.86. The Morgan fingerprint density at radius 3 is 3.20 bits per heavy atom. The van der Waals surface area contributed by atoms with E-state index in [1.165, 1.54) is 0 Å². The highest BCUT2D eigenvalue weighted by Crippen LogP contribution is 2.26. The van der Waals surface area contributed by atoms with Gasteiger partial charge in [0.15, 0.2) is 11.5 Å². The van der Waals surface area contributed by atoms with Gasteiger partial charge in [0.2, 0.25) is 0 Å². The maximum absolute atomic E-state index is 5.69. The first-order valence-corrected chi connectivity index (χ1v) is 5.15. The Balaban J connectivity index is 1.91. The molecule has 1 aromatic rings. The van der Waals surface area contributed by atoms with Crippen molar-refractivity contribution in [3.8, 4) is 11.5 Å². The Bertz CT molecular complexity index is 305. The summed E-state index contributed by atoms with van der Waals surface area (Å²) in [5, 5.41) is 0. The quantitative estimate of drug-likeness (QED) is 0.754. The van der Waals surface area contributed by atoms with Gasteiger partial charge < -0.3 is 14.2 Å². The third kappa shape index (κ3) is 2.63. The summed E-state index contributed by atoms with van der Waals surface area (Å²) in [4.78, 5) is 0. The molecule has 0 aliphatic carbocycles. The Kier molecular flexibility index (Phi) is 3.45. The van der Waals surface area contributed by atoms with Crippen LogP contribution in [0.1, 0.15) is 6.42 Å². The number of hydrogen-bond acceptors (Lipinski definition) is 3. The molecule has 1 heterocycles. The number of benzene rings is 1. The van der Waals surface area contributed by atoms with E-state index < -0.39 is 0 Å². The average Bonchev–Trinajstić information content (AvgIpc) is 2.79. The van der Waals surface area contributed by atoms with Crippen LogP contribution in [-0.2, 0) is 4.74 Å². The van der Waals surface area contributed by atoms with Gasteiger partial charge in [-0.2, -0.15) is 0 Å². The Hall–Kier alpha value is -1.22. The lowest BCUT2D eigenvalue weighted by Crippen LogP contribution is -2.11. The van der Waals surface area contributed by atoms with Crippen LogP contribution in [0.2, 0.25) is 0 Å². The van der Waals surface area contributed by atoms with Crippen LogP contribution >= 0.6 is 0 Å². The predicted molar refractivity (Wildman–Crippen MR) is 56.3 cm³/mol. The summed E-state index contributed by atoms with van der Waals surface area (Å²) in [6.07, 6.45) is 1.08. The molecule has 0 saturated carbocycles. The summed E-state index contributed by atoms with van der Waals surface area (Å²) < 4.78 is 16.1. The SMILES string of the molecule is COc1c[c]ccc1OCC1CCOC1. The standard InChI is InChI=1S/C12H15O3/c1-13-11-4-2-3-5-12(11)15-9-10-6-7-14-8-10/h3-5,10H,6-9H2,1H3. The topological polar surface area (TPSA) is 27.7 Å². The maximum atomic E-state index is 5.69. The van der Waals surface area contributed by atoms with E-state index >= 15 is 0 Å². The molecule has 0 aromatic heterocycles. The fourth-order valence-electron chi connectivity index (χ4n) is 1.60. The van der Waals surface area contributed by atoms with Crippen molar-refractivity contribution < 1.29 is 14.2 Å². The molecule has 1 radical (unpaired) electrons. The minimum atomic E-state index is 0.513. The molecule has 1 aromatic carbocycles. The maximum Gasteiger partial charge on any atom is 0.161 e. The lowest BCUT2D eigenvalue weighted by Gasteiger charge is -2.12. The minimum Gasteiger partial charge on any atom is -0.493 e. The lowest BCUT2D eigenvalue weighted by atomic mass is 10.1. The van der Waals surface area contributed by atoms with Crippen molar-refractivity contribution in [1.82, 2.24) is 0 Å². The zero-order chi connectivity index (χ0) is 10.5. The highest BCUT2D eigenvalue weighted by molar-refractivity contribution is 5.38. The third-order valence-electron chi connectivity index (χ3n) is 2.51. The molecule has 3 nitrogen and oxygen atoms in total. The van der Waals surface area contributed by atoms with E-state index in [9.17, 15) is 0 Å². The molecule has 81 valence electrons. The first kappa shape index (κ1) is 10.3. The summed E-state index contributed by atoms with van der Waals surface area (Å²) >= 11 is 0. The zero-order valence-corrected chi connectivity index (χ0v) is 8.86. The number of methoxy groups -OCH3 is 1. The smallest absolute Gasteiger partial charge is 0.161 e. The molecule has 15 heavy (non-hydrogen) atoms. The van der Waals surface area contributed by atoms with Gasteiger partial charge in [-0.15, -0.1) is 0 Å². The van der Waals surface area contributed by atoms with Crippen LogP contribution in [0.5, 0.6) is 11.5 Å². The molecular weight excluding hydrogens is 192 g/mol. The summed E-state index contributed by atoms with van der Waals surface area (Å²) in [5.41, 5.74) is 0. The molecule has 2 rings (SSSR count). The second-order valence-electron chi connectivity index (χ2n) is 3.62. The van der Waals surface area contributed by atoms with Gasteiger partial charge >= 0.3 is 0 Å². The molecule has 1 atom stereocenters. The van der Waals surface area contributed by atoms with Gasteiger partial charge in [-0.25, -0.2) is 0 Å². The minimum absolute atomic E-state index is 0.513. The van der Waals surface area contributed by atoms with Crippen molar-refractivity contribution in [3.63, 3.8) is 0 Å². The van der Waals surface area contributed by atoms with Crippen LogP contribution in [0.25, 0.3) is 0 Å². The average molecular weight is 207 g/mol. The van der Waals surface area contributed by atoms with Crippen molar-refractivity contribution in [3.05, 3.63) is 24.3 Å². The van der Waals surface area contributed by atoms with Gasteiger partial charge in [0, 0.05) is 12.5 Å². The van der Waals surface area contributed by atoms with E-state index in [1.807, 2.05) is 12.1 Å². The van der Waals surface area contributed by atoms with E-state index in [-0.39, 0.29) is 0 Å². The first-order valence-electron chi connectivity index (χ1n) is 5.15. The van der Waals surface area contributed by atoms with E-state index in [1.54, 1.807) is 13.2 Å². The Morgan fingerprint density at radius 1 is 1.53 bits per heavy atom. The van der Waals surface area contributed by atoms with Crippen molar-refractivity contribution in [2.24, 2.45) is 5.92 Å². The molecule has 1 fully saturated rings. The van der Waals surface area contributed by atoms with E-state index in [0.29, 0.717) is 12.5 Å². The molecule has 0 bridgehead atoms. The molecule has 3 heteroatoms. The van der Waals surface area contributed by atoms with Gasteiger partial charge in [-0.1, -0.05) is 6.07 Å². The largest absolute Gasteiger partial charge is 0.493 e. The highest BCUT2D eigenvalue weighted by atomic mass is 16.5. The van der Waals surface area contributed by atoms with Crippen LogP contribution in [0.15, 0.2) is 18.2 Å². The van der Waals surface area contributed by atoms with Gasteiger partial charge in [-0.3, -0.25) is 0 Å². The van der Waals surface area contributed by atoms with Crippen LogP contribution < -0.4 is 9.47 Å². The molecular formula is C12H15O3. The molecule has 0 amide bonds. The lowest BCUT2D eigenvalue weighted by molar-refractivity contribution is 0.165. The predicted octanol–water partition coefficient (Wildman–Crippen LogP) is 1.91. The summed E-state index contributed by atoms with van der Waals surface area (Å²) in [6, 6.07) is 8.42. The first-order chi connectivity index (χ1) is 7.40. The van der Waals surface area contributed by atoms with Gasteiger partial charge in [0.05, 0.1) is 20.3 Å². The van der Waals surface area contributed by atoms with Crippen LogP contribution in [0, 0.1) is 12.0 Å². The van der Waals surface area contributed by atoms with Gasteiger partial charge in [0.1, 0.15) is 0 Å². The second kappa shape index (κ2) is 5.03. The fourth-order valence-corrected chi connectivity index (χ4v) is 1.60. The summed E-state index contributed by atoms with van der Waals surface area (Å²) in [7, 11) is 1.63. The van der Waals surface area contributed by atoms with Gasteiger partial charge in [-0.05, 0) is 24.6 Å². The fraction of sp³-hybridized carbons (Fsp3) is 0.500. The number of ether oxygens (including phenoxy) is 3. The molecule has 1 unspecified atom stereocenters. The van der Waals surface area contributed by atoms with Crippen molar-refractivity contribution in [2.75, 3.05) is 26.9 Å². The Morgan fingerprint density at radius 2 is 2.47 bits per heavy atom. The van der Waals surface area contributed by atoms with E-state index in [2.05, 4.69) is 6.07 Å². The van der Waals surface area contributed by atoms with Crippen LogP contribution in [-0.4, -0.2) is 26.9 Å². The van der Waals surface area contributed by atoms with Crippen LogP contribution in [0.3, 0.4) is 0 Å².